The largest absolute Gasteiger partial charge is 0.507 e. The predicted octanol–water partition coefficient (Wildman–Crippen LogP) is 7.00. The summed E-state index contributed by atoms with van der Waals surface area (Å²) in [5, 5.41) is 21.0. The molecule has 1 fully saturated rings. The van der Waals surface area contributed by atoms with Crippen molar-refractivity contribution in [1.82, 2.24) is 5.32 Å². The van der Waals surface area contributed by atoms with Crippen molar-refractivity contribution in [3.05, 3.63) is 89.0 Å². The Hall–Kier alpha value is -3.78. The molecule has 3 N–H and O–H groups in total. The van der Waals surface area contributed by atoms with Gasteiger partial charge in [-0.05, 0) is 79.3 Å². The molecule has 0 aromatic heterocycles. The summed E-state index contributed by atoms with van der Waals surface area (Å²) in [6, 6.07) is 21.2. The lowest BCUT2D eigenvalue weighted by atomic mass is 9.97. The van der Waals surface area contributed by atoms with Gasteiger partial charge in [-0.2, -0.15) is 0 Å². The van der Waals surface area contributed by atoms with E-state index in [9.17, 15) is 14.7 Å². The SMILES string of the molecule is CCCc1c(OCCCOc2ccc(C3SC(=O)NC3=O)cc2)ccc(C(=N)CCCCc2ccccc2)c1O. The Balaban J connectivity index is 1.23. The van der Waals surface area contributed by atoms with Crippen LogP contribution in [0.2, 0.25) is 0 Å². The van der Waals surface area contributed by atoms with Gasteiger partial charge in [0.05, 0.1) is 13.2 Å². The molecule has 3 aromatic rings. The van der Waals surface area contributed by atoms with Gasteiger partial charge in [-0.1, -0.05) is 55.8 Å². The van der Waals surface area contributed by atoms with Crippen molar-refractivity contribution in [2.45, 2.75) is 57.1 Å². The van der Waals surface area contributed by atoms with E-state index in [1.165, 1.54) is 5.56 Å². The summed E-state index contributed by atoms with van der Waals surface area (Å²) in [6.07, 6.45) is 5.67. The van der Waals surface area contributed by atoms with Crippen LogP contribution in [0.3, 0.4) is 0 Å². The van der Waals surface area contributed by atoms with Crippen LogP contribution < -0.4 is 14.8 Å². The van der Waals surface area contributed by atoms with Gasteiger partial charge in [0.25, 0.3) is 5.24 Å². The van der Waals surface area contributed by atoms with Gasteiger partial charge in [0.15, 0.2) is 0 Å². The third-order valence-corrected chi connectivity index (χ3v) is 7.77. The van der Waals surface area contributed by atoms with Gasteiger partial charge in [-0.15, -0.1) is 0 Å². The number of rotatable bonds is 15. The van der Waals surface area contributed by atoms with Crippen molar-refractivity contribution in [2.75, 3.05) is 13.2 Å². The zero-order valence-corrected chi connectivity index (χ0v) is 23.6. The number of aromatic hydroxyl groups is 1. The minimum atomic E-state index is -0.515. The van der Waals surface area contributed by atoms with E-state index in [1.54, 1.807) is 30.3 Å². The summed E-state index contributed by atoms with van der Waals surface area (Å²) >= 11 is 0.980. The molecule has 210 valence electrons. The molecule has 1 aliphatic rings. The number of carbonyl (C=O) groups excluding carboxylic acids is 2. The Bertz CT molecular complexity index is 1310. The maximum atomic E-state index is 11.8. The van der Waals surface area contributed by atoms with E-state index in [0.29, 0.717) is 55.3 Å². The van der Waals surface area contributed by atoms with Gasteiger partial charge in [0, 0.05) is 23.3 Å². The fourth-order valence-corrected chi connectivity index (χ4v) is 5.48. The van der Waals surface area contributed by atoms with E-state index < -0.39 is 5.25 Å². The highest BCUT2D eigenvalue weighted by Crippen LogP contribution is 2.35. The van der Waals surface area contributed by atoms with E-state index in [4.69, 9.17) is 14.9 Å². The number of unbranched alkanes of at least 4 members (excludes halogenated alkanes) is 1. The number of benzene rings is 3. The number of aryl methyl sites for hydroxylation is 1. The summed E-state index contributed by atoms with van der Waals surface area (Å²) in [6.45, 7) is 2.92. The molecule has 2 amide bonds. The van der Waals surface area contributed by atoms with Crippen molar-refractivity contribution in [3.8, 4) is 17.2 Å². The molecule has 7 nitrogen and oxygen atoms in total. The van der Waals surface area contributed by atoms with Gasteiger partial charge in [0.2, 0.25) is 5.91 Å². The first kappa shape index (κ1) is 29.2. The third kappa shape index (κ3) is 7.88. The maximum absolute atomic E-state index is 11.8. The number of phenolic OH excluding ortho intramolecular Hbond substituents is 1. The number of carbonyl (C=O) groups is 2. The average molecular weight is 561 g/mol. The average Bonchev–Trinajstić information content (AvgIpc) is 3.31. The van der Waals surface area contributed by atoms with Crippen LogP contribution in [-0.4, -0.2) is 35.2 Å². The van der Waals surface area contributed by atoms with E-state index in [-0.39, 0.29) is 16.9 Å². The van der Waals surface area contributed by atoms with E-state index in [2.05, 4.69) is 24.4 Å². The molecule has 40 heavy (non-hydrogen) atoms. The lowest BCUT2D eigenvalue weighted by molar-refractivity contribution is -0.119. The summed E-state index contributed by atoms with van der Waals surface area (Å²) < 4.78 is 11.8. The molecule has 3 aromatic carbocycles. The van der Waals surface area contributed by atoms with Gasteiger partial charge < -0.3 is 20.0 Å². The first-order chi connectivity index (χ1) is 19.5. The van der Waals surface area contributed by atoms with E-state index in [1.807, 2.05) is 24.3 Å². The van der Waals surface area contributed by atoms with Crippen molar-refractivity contribution in [2.24, 2.45) is 0 Å². The standard InChI is InChI=1S/C32H36N2O5S/c1-2-9-26-28(19-18-25(29(26)35)27(33)13-7-6-12-22-10-4-3-5-11-22)39-21-8-20-38-24-16-14-23(15-17-24)30-31(36)34-32(37)40-30/h3-5,10-11,14-19,30,33,35H,2,6-9,12-13,20-21H2,1H3,(H,34,36,37). The Morgan fingerprint density at radius 1 is 0.925 bits per heavy atom. The number of phenols is 1. The second-order valence-corrected chi connectivity index (χ2v) is 10.8. The lowest BCUT2D eigenvalue weighted by Gasteiger charge is -2.16. The van der Waals surface area contributed by atoms with Crippen LogP contribution in [0.4, 0.5) is 4.79 Å². The highest BCUT2D eigenvalue weighted by Gasteiger charge is 2.32. The first-order valence-electron chi connectivity index (χ1n) is 13.8. The van der Waals surface area contributed by atoms with Crippen LogP contribution in [0.5, 0.6) is 17.2 Å². The zero-order chi connectivity index (χ0) is 28.3. The molecule has 0 aliphatic carbocycles. The van der Waals surface area contributed by atoms with Crippen molar-refractivity contribution in [3.63, 3.8) is 0 Å². The quantitative estimate of drug-likeness (QED) is 0.136. The van der Waals surface area contributed by atoms with Crippen molar-refractivity contribution >= 4 is 28.6 Å². The van der Waals surface area contributed by atoms with Crippen LogP contribution in [0.25, 0.3) is 0 Å². The lowest BCUT2D eigenvalue weighted by Crippen LogP contribution is -2.20. The molecule has 1 heterocycles. The zero-order valence-electron chi connectivity index (χ0n) is 22.8. The summed E-state index contributed by atoms with van der Waals surface area (Å²) in [4.78, 5) is 23.2. The highest BCUT2D eigenvalue weighted by molar-refractivity contribution is 8.15. The normalized spacial score (nSPS) is 14.7. The third-order valence-electron chi connectivity index (χ3n) is 6.74. The molecule has 0 spiro atoms. The number of nitrogens with one attached hydrogen (secondary N) is 2. The number of hydrogen-bond donors (Lipinski definition) is 3. The van der Waals surface area contributed by atoms with Crippen molar-refractivity contribution < 1.29 is 24.2 Å². The van der Waals surface area contributed by atoms with Gasteiger partial charge in [-0.25, -0.2) is 0 Å². The minimum Gasteiger partial charge on any atom is -0.507 e. The van der Waals surface area contributed by atoms with Crippen LogP contribution in [0, 0.1) is 5.41 Å². The Labute approximate surface area is 239 Å². The number of hydrogen-bond acceptors (Lipinski definition) is 7. The number of imide groups is 1. The monoisotopic (exact) mass is 560 g/mol. The van der Waals surface area contributed by atoms with Crippen LogP contribution >= 0.6 is 11.8 Å². The Kier molecular flexibility index (Phi) is 10.6. The fraction of sp³-hybridized carbons (Fsp3) is 0.344. The first-order valence-corrected chi connectivity index (χ1v) is 14.7. The molecule has 0 saturated carbocycles. The molecule has 1 aliphatic heterocycles. The highest BCUT2D eigenvalue weighted by atomic mass is 32.2. The summed E-state index contributed by atoms with van der Waals surface area (Å²) in [5.74, 6) is 1.18. The molecular weight excluding hydrogens is 524 g/mol. The summed E-state index contributed by atoms with van der Waals surface area (Å²) in [5.41, 5.74) is 3.85. The number of thioether (sulfide) groups is 1. The second kappa shape index (κ2) is 14.6. The fourth-order valence-electron chi connectivity index (χ4n) is 4.64. The van der Waals surface area contributed by atoms with E-state index >= 15 is 0 Å². The maximum Gasteiger partial charge on any atom is 0.286 e. The molecule has 4 rings (SSSR count). The van der Waals surface area contributed by atoms with Crippen LogP contribution in [0.15, 0.2) is 66.7 Å². The number of ether oxygens (including phenoxy) is 2. The molecule has 1 atom stereocenters. The molecule has 1 saturated heterocycles. The Morgan fingerprint density at radius 2 is 1.68 bits per heavy atom. The molecule has 0 radical (unpaired) electrons. The number of amides is 2. The predicted molar refractivity (Wildman–Crippen MR) is 159 cm³/mol. The van der Waals surface area contributed by atoms with Gasteiger partial charge in [0.1, 0.15) is 22.5 Å². The molecule has 1 unspecified atom stereocenters. The Morgan fingerprint density at radius 3 is 2.38 bits per heavy atom. The minimum absolute atomic E-state index is 0.152. The molecular formula is C32H36N2O5S. The van der Waals surface area contributed by atoms with Gasteiger partial charge >= 0.3 is 0 Å². The smallest absolute Gasteiger partial charge is 0.286 e. The van der Waals surface area contributed by atoms with Gasteiger partial charge in [-0.3, -0.25) is 14.9 Å². The van der Waals surface area contributed by atoms with E-state index in [0.717, 1.165) is 48.6 Å². The van der Waals surface area contributed by atoms with Crippen LogP contribution in [0.1, 0.15) is 66.5 Å². The molecule has 8 heteroatoms. The second-order valence-electron chi connectivity index (χ2n) is 9.75. The topological polar surface area (TPSA) is 109 Å². The molecule has 0 bridgehead atoms. The van der Waals surface area contributed by atoms with Crippen LogP contribution in [-0.2, 0) is 17.6 Å². The van der Waals surface area contributed by atoms with Crippen molar-refractivity contribution in [1.29, 1.82) is 5.41 Å². The summed E-state index contributed by atoms with van der Waals surface area (Å²) in [7, 11) is 0.